The molecule has 4 aromatic heterocycles. The Balaban J connectivity index is 0.000000260. The lowest BCUT2D eigenvalue weighted by molar-refractivity contribution is 0.145. The van der Waals surface area contributed by atoms with Crippen LogP contribution in [-0.2, 0) is 0 Å². The van der Waals surface area contributed by atoms with Crippen LogP contribution in [0, 0.1) is 18.2 Å². The molecule has 1 aliphatic carbocycles. The third-order valence-electron chi connectivity index (χ3n) is 5.89. The summed E-state index contributed by atoms with van der Waals surface area (Å²) in [5.74, 6) is -0.474. The maximum atomic E-state index is 14.5. The topological polar surface area (TPSA) is 86.4 Å². The molecule has 0 spiro atoms. The molecule has 170 valence electrons. The van der Waals surface area contributed by atoms with E-state index in [2.05, 4.69) is 33.9 Å². The summed E-state index contributed by atoms with van der Waals surface area (Å²) in [6, 6.07) is 0. The highest BCUT2D eigenvalue weighted by Gasteiger charge is 2.21. The van der Waals surface area contributed by atoms with Gasteiger partial charge in [-0.3, -0.25) is 4.40 Å². The maximum Gasteiger partial charge on any atom is 0.280 e. The van der Waals surface area contributed by atoms with E-state index in [4.69, 9.17) is 5.73 Å². The van der Waals surface area contributed by atoms with Crippen molar-refractivity contribution >= 4 is 17.2 Å². The molecule has 2 N–H and O–H groups in total. The molecule has 1 fully saturated rings. The Kier molecular flexibility index (Phi) is 5.79. The average molecular weight is 445 g/mol. The van der Waals surface area contributed by atoms with E-state index in [1.807, 2.05) is 0 Å². The normalized spacial score (nSPS) is 15.8. The van der Waals surface area contributed by atoms with Crippen molar-refractivity contribution in [2.24, 2.45) is 5.41 Å². The van der Waals surface area contributed by atoms with Crippen LogP contribution in [0.1, 0.15) is 63.8 Å². The lowest BCUT2D eigenvalue weighted by Gasteiger charge is -2.28. The van der Waals surface area contributed by atoms with Gasteiger partial charge in [-0.05, 0) is 25.2 Å². The Bertz CT molecular complexity index is 1250. The minimum Gasteiger partial charge on any atom is -0.367 e. The molecule has 0 radical (unpaired) electrons. The van der Waals surface area contributed by atoms with Gasteiger partial charge < -0.3 is 5.73 Å². The monoisotopic (exact) mass is 445 g/mol. The number of imidazole rings is 1. The van der Waals surface area contributed by atoms with Crippen molar-refractivity contribution in [3.8, 4) is 11.1 Å². The van der Waals surface area contributed by atoms with E-state index in [1.54, 1.807) is 6.92 Å². The summed E-state index contributed by atoms with van der Waals surface area (Å²) in [6.07, 6.45) is 9.51. The van der Waals surface area contributed by atoms with Crippen molar-refractivity contribution in [3.05, 3.63) is 42.0 Å². The van der Waals surface area contributed by atoms with E-state index in [1.165, 1.54) is 49.0 Å². The van der Waals surface area contributed by atoms with E-state index in [9.17, 15) is 13.2 Å². The van der Waals surface area contributed by atoms with Gasteiger partial charge in [0.05, 0.1) is 23.6 Å². The standard InChI is InChI=1S/C14H10F3N7.C8H16/c1-6-11-10(8(15)5-24(11)22-13(18)21-6)7-2-19-14-20-3-9(12(16)17)23(14)4-7;1-8(2)6-4-3-5-7-8/h2-5,12H,1H3,(H2,18,22);3-7H2,1-2H3. The summed E-state index contributed by atoms with van der Waals surface area (Å²) in [7, 11) is 0. The fourth-order valence-corrected chi connectivity index (χ4v) is 4.21. The number of anilines is 1. The van der Waals surface area contributed by atoms with E-state index in [0.717, 1.165) is 16.8 Å². The van der Waals surface area contributed by atoms with Gasteiger partial charge in [0.15, 0.2) is 5.82 Å². The Morgan fingerprint density at radius 2 is 1.75 bits per heavy atom. The van der Waals surface area contributed by atoms with Crippen molar-refractivity contribution in [3.63, 3.8) is 0 Å². The molecular formula is C22H26F3N7. The number of alkyl halides is 2. The summed E-state index contributed by atoms with van der Waals surface area (Å²) >= 11 is 0. The second-order valence-corrected chi connectivity index (χ2v) is 8.92. The van der Waals surface area contributed by atoms with Crippen LogP contribution in [0.2, 0.25) is 0 Å². The fraction of sp³-hybridized carbons (Fsp3) is 0.455. The van der Waals surface area contributed by atoms with Crippen molar-refractivity contribution in [1.82, 2.24) is 29.0 Å². The Morgan fingerprint density at radius 3 is 2.38 bits per heavy atom. The van der Waals surface area contributed by atoms with Crippen LogP contribution in [0.25, 0.3) is 22.4 Å². The molecular weight excluding hydrogens is 419 g/mol. The van der Waals surface area contributed by atoms with E-state index >= 15 is 0 Å². The van der Waals surface area contributed by atoms with Crippen molar-refractivity contribution < 1.29 is 13.2 Å². The smallest absolute Gasteiger partial charge is 0.280 e. The molecule has 0 bridgehead atoms. The molecule has 4 aromatic rings. The van der Waals surface area contributed by atoms with Crippen LogP contribution < -0.4 is 5.73 Å². The number of rotatable bonds is 2. The first-order chi connectivity index (χ1) is 15.2. The molecule has 0 aromatic carbocycles. The van der Waals surface area contributed by atoms with Gasteiger partial charge in [-0.1, -0.05) is 33.1 Å². The fourth-order valence-electron chi connectivity index (χ4n) is 4.21. The number of fused-ring (bicyclic) bond motifs is 2. The number of hydrogen-bond donors (Lipinski definition) is 1. The van der Waals surface area contributed by atoms with E-state index in [0.29, 0.717) is 22.2 Å². The lowest BCUT2D eigenvalue weighted by atomic mass is 9.78. The zero-order chi connectivity index (χ0) is 23.0. The molecule has 32 heavy (non-hydrogen) atoms. The predicted molar refractivity (Wildman–Crippen MR) is 116 cm³/mol. The second kappa shape index (κ2) is 8.40. The lowest BCUT2D eigenvalue weighted by Crippen LogP contribution is -2.14. The van der Waals surface area contributed by atoms with Gasteiger partial charge in [-0.15, -0.1) is 5.10 Å². The van der Waals surface area contributed by atoms with Crippen molar-refractivity contribution in [1.29, 1.82) is 0 Å². The zero-order valence-corrected chi connectivity index (χ0v) is 18.3. The summed E-state index contributed by atoms with van der Waals surface area (Å²) in [5.41, 5.74) is 7.24. The van der Waals surface area contributed by atoms with Crippen molar-refractivity contribution in [2.75, 3.05) is 5.73 Å². The van der Waals surface area contributed by atoms with Gasteiger partial charge >= 0.3 is 0 Å². The summed E-state index contributed by atoms with van der Waals surface area (Å²) in [5, 5.41) is 3.93. The molecule has 0 saturated heterocycles. The number of halogens is 3. The van der Waals surface area contributed by atoms with Crippen LogP contribution in [0.3, 0.4) is 0 Å². The van der Waals surface area contributed by atoms with Gasteiger partial charge in [0.2, 0.25) is 11.7 Å². The highest BCUT2D eigenvalue weighted by Crippen LogP contribution is 2.34. The Hall–Kier alpha value is -3.17. The molecule has 1 saturated carbocycles. The predicted octanol–water partition coefficient (Wildman–Crippen LogP) is 5.38. The first kappa shape index (κ1) is 22.0. The minimum atomic E-state index is -2.72. The largest absolute Gasteiger partial charge is 0.367 e. The van der Waals surface area contributed by atoms with Crippen LogP contribution in [0.15, 0.2) is 24.8 Å². The molecule has 0 aliphatic heterocycles. The first-order valence-electron chi connectivity index (χ1n) is 10.6. The number of aryl methyl sites for hydroxylation is 1. The summed E-state index contributed by atoms with van der Waals surface area (Å²) < 4.78 is 43.0. The van der Waals surface area contributed by atoms with Crippen LogP contribution in [0.5, 0.6) is 0 Å². The minimum absolute atomic E-state index is 0.00437. The zero-order valence-electron chi connectivity index (χ0n) is 18.3. The van der Waals surface area contributed by atoms with Crippen LogP contribution in [-0.4, -0.2) is 29.0 Å². The average Bonchev–Trinajstić information content (AvgIpc) is 3.28. The molecule has 4 heterocycles. The first-order valence-corrected chi connectivity index (χ1v) is 10.6. The number of nitrogens with two attached hydrogens (primary N) is 1. The molecule has 0 unspecified atom stereocenters. The Labute approximate surface area is 183 Å². The molecule has 5 rings (SSSR count). The van der Waals surface area contributed by atoms with Gasteiger partial charge in [-0.25, -0.2) is 32.6 Å². The van der Waals surface area contributed by atoms with Crippen LogP contribution in [0.4, 0.5) is 19.1 Å². The van der Waals surface area contributed by atoms with Gasteiger partial charge in [0.1, 0.15) is 5.69 Å². The number of nitrogen functional groups attached to an aromatic ring is 1. The highest BCUT2D eigenvalue weighted by atomic mass is 19.3. The quantitative estimate of drug-likeness (QED) is 0.447. The number of aromatic nitrogens is 6. The molecule has 1 aliphatic rings. The van der Waals surface area contributed by atoms with Crippen LogP contribution >= 0.6 is 0 Å². The molecule has 0 atom stereocenters. The molecule has 10 heteroatoms. The molecule has 7 nitrogen and oxygen atoms in total. The maximum absolute atomic E-state index is 14.5. The van der Waals surface area contributed by atoms with E-state index in [-0.39, 0.29) is 23.0 Å². The van der Waals surface area contributed by atoms with Gasteiger partial charge in [0.25, 0.3) is 6.43 Å². The second-order valence-electron chi connectivity index (χ2n) is 8.92. The SMILES string of the molecule is CC1(C)CCCCC1.Cc1nc(N)nn2cc(F)c(-c3cnc4ncc(C(F)F)n4c3)c12. The molecule has 0 amide bonds. The number of hydrogen-bond acceptors (Lipinski definition) is 5. The Morgan fingerprint density at radius 1 is 1.06 bits per heavy atom. The van der Waals surface area contributed by atoms with E-state index < -0.39 is 12.2 Å². The third kappa shape index (κ3) is 4.26. The van der Waals surface area contributed by atoms with Crippen molar-refractivity contribution in [2.45, 2.75) is 59.3 Å². The summed E-state index contributed by atoms with van der Waals surface area (Å²) in [4.78, 5) is 11.8. The van der Waals surface area contributed by atoms with Gasteiger partial charge in [0, 0.05) is 23.5 Å². The summed E-state index contributed by atoms with van der Waals surface area (Å²) in [6.45, 7) is 6.42. The third-order valence-corrected chi connectivity index (χ3v) is 5.89. The van der Waals surface area contributed by atoms with Gasteiger partial charge in [-0.2, -0.15) is 0 Å². The number of nitrogens with zero attached hydrogens (tertiary/aromatic N) is 6. The highest BCUT2D eigenvalue weighted by molar-refractivity contribution is 5.82.